The van der Waals surface area contributed by atoms with E-state index in [2.05, 4.69) is 22.1 Å². The number of aromatic nitrogens is 2. The molecular formula is C14H28N4O2S. The van der Waals surface area contributed by atoms with Gasteiger partial charge in [-0.1, -0.05) is 6.92 Å². The lowest BCUT2D eigenvalue weighted by molar-refractivity contribution is 0.542. The highest BCUT2D eigenvalue weighted by Crippen LogP contribution is 2.02. The highest BCUT2D eigenvalue weighted by Gasteiger charge is 2.09. The van der Waals surface area contributed by atoms with Crippen LogP contribution in [0.4, 0.5) is 0 Å². The molecule has 2 N–H and O–H groups in total. The predicted molar refractivity (Wildman–Crippen MR) is 85.9 cm³/mol. The van der Waals surface area contributed by atoms with E-state index in [1.54, 1.807) is 0 Å². The molecule has 0 bridgehead atoms. The zero-order valence-electron chi connectivity index (χ0n) is 13.4. The summed E-state index contributed by atoms with van der Waals surface area (Å²) in [6.45, 7) is 8.94. The number of hydrogen-bond acceptors (Lipinski definition) is 4. The van der Waals surface area contributed by atoms with Crippen molar-refractivity contribution in [2.75, 3.05) is 25.4 Å². The largest absolute Gasteiger partial charge is 0.317 e. The summed E-state index contributed by atoms with van der Waals surface area (Å²) >= 11 is 0. The first-order valence-corrected chi connectivity index (χ1v) is 9.29. The molecule has 122 valence electrons. The molecule has 0 aliphatic rings. The van der Waals surface area contributed by atoms with Gasteiger partial charge < -0.3 is 5.32 Å². The number of hydrogen-bond donors (Lipinski definition) is 2. The van der Waals surface area contributed by atoms with Crippen molar-refractivity contribution in [1.82, 2.24) is 19.8 Å². The van der Waals surface area contributed by atoms with Gasteiger partial charge in [-0.05, 0) is 52.3 Å². The van der Waals surface area contributed by atoms with Crippen LogP contribution >= 0.6 is 0 Å². The topological polar surface area (TPSA) is 76.0 Å². The number of nitrogens with zero attached hydrogens (tertiary/aromatic N) is 2. The van der Waals surface area contributed by atoms with E-state index in [0.29, 0.717) is 13.0 Å². The second-order valence-electron chi connectivity index (χ2n) is 5.32. The molecule has 0 radical (unpaired) electrons. The van der Waals surface area contributed by atoms with Gasteiger partial charge in [-0.2, -0.15) is 5.10 Å². The molecule has 0 aromatic carbocycles. The van der Waals surface area contributed by atoms with E-state index in [4.69, 9.17) is 0 Å². The van der Waals surface area contributed by atoms with Crippen molar-refractivity contribution in [1.29, 1.82) is 0 Å². The Kier molecular flexibility index (Phi) is 7.92. The highest BCUT2D eigenvalue weighted by atomic mass is 32.2. The van der Waals surface area contributed by atoms with Gasteiger partial charge in [0.05, 0.1) is 11.4 Å². The fraction of sp³-hybridized carbons (Fsp3) is 0.786. The Morgan fingerprint density at radius 2 is 1.95 bits per heavy atom. The normalized spacial score (nSPS) is 12.0. The van der Waals surface area contributed by atoms with Crippen LogP contribution in [-0.4, -0.2) is 43.6 Å². The van der Waals surface area contributed by atoms with E-state index in [9.17, 15) is 8.42 Å². The average molecular weight is 316 g/mol. The SMILES string of the molecule is CCCNCCCS(=O)(=O)NCCCn1nc(C)cc1C. The van der Waals surface area contributed by atoms with Crippen LogP contribution in [0.3, 0.4) is 0 Å². The second-order valence-corrected chi connectivity index (χ2v) is 7.25. The lowest BCUT2D eigenvalue weighted by atomic mass is 10.4. The fourth-order valence-corrected chi connectivity index (χ4v) is 3.24. The van der Waals surface area contributed by atoms with Crippen LogP contribution < -0.4 is 10.0 Å². The van der Waals surface area contributed by atoms with Crippen molar-refractivity contribution in [3.8, 4) is 0 Å². The van der Waals surface area contributed by atoms with Crippen molar-refractivity contribution in [2.24, 2.45) is 0 Å². The van der Waals surface area contributed by atoms with Gasteiger partial charge in [0, 0.05) is 18.8 Å². The standard InChI is InChI=1S/C14H28N4O2S/c1-4-7-15-8-6-11-21(19,20)16-9-5-10-18-14(3)12-13(2)17-18/h12,15-16H,4-11H2,1-3H3. The second kappa shape index (κ2) is 9.17. The third-order valence-corrected chi connectivity index (χ3v) is 4.64. The van der Waals surface area contributed by atoms with Gasteiger partial charge in [-0.3, -0.25) is 4.68 Å². The van der Waals surface area contributed by atoms with Gasteiger partial charge in [0.2, 0.25) is 10.0 Å². The highest BCUT2D eigenvalue weighted by molar-refractivity contribution is 7.89. The number of nitrogens with one attached hydrogen (secondary N) is 2. The van der Waals surface area contributed by atoms with Crippen LogP contribution in [0.5, 0.6) is 0 Å². The van der Waals surface area contributed by atoms with Gasteiger partial charge >= 0.3 is 0 Å². The van der Waals surface area contributed by atoms with Crippen molar-refractivity contribution >= 4 is 10.0 Å². The van der Waals surface area contributed by atoms with Crippen LogP contribution in [0, 0.1) is 13.8 Å². The number of aryl methyl sites for hydroxylation is 3. The van der Waals surface area contributed by atoms with Crippen molar-refractivity contribution in [3.63, 3.8) is 0 Å². The van der Waals surface area contributed by atoms with Crippen LogP contribution in [0.2, 0.25) is 0 Å². The Balaban J connectivity index is 2.17. The summed E-state index contributed by atoms with van der Waals surface area (Å²) in [6.07, 6.45) is 2.46. The first-order valence-electron chi connectivity index (χ1n) is 7.63. The zero-order valence-corrected chi connectivity index (χ0v) is 14.2. The molecule has 0 aliphatic heterocycles. The van der Waals surface area contributed by atoms with E-state index in [1.165, 1.54) is 0 Å². The van der Waals surface area contributed by atoms with Crippen LogP contribution in [0.15, 0.2) is 6.07 Å². The smallest absolute Gasteiger partial charge is 0.211 e. The Morgan fingerprint density at radius 1 is 1.19 bits per heavy atom. The van der Waals surface area contributed by atoms with Gasteiger partial charge in [0.1, 0.15) is 0 Å². The van der Waals surface area contributed by atoms with Crippen molar-refractivity contribution in [3.05, 3.63) is 17.5 Å². The third-order valence-electron chi connectivity index (χ3n) is 3.17. The van der Waals surface area contributed by atoms with Crippen LogP contribution in [0.25, 0.3) is 0 Å². The molecule has 0 aliphatic carbocycles. The summed E-state index contributed by atoms with van der Waals surface area (Å²) in [6, 6.07) is 2.02. The van der Waals surface area contributed by atoms with Gasteiger partial charge in [0.15, 0.2) is 0 Å². The summed E-state index contributed by atoms with van der Waals surface area (Å²) in [5.41, 5.74) is 2.10. The summed E-state index contributed by atoms with van der Waals surface area (Å²) < 4.78 is 28.1. The molecule has 0 saturated carbocycles. The number of sulfonamides is 1. The van der Waals surface area contributed by atoms with Crippen LogP contribution in [0.1, 0.15) is 37.6 Å². The minimum atomic E-state index is -3.15. The van der Waals surface area contributed by atoms with E-state index in [-0.39, 0.29) is 5.75 Å². The Hall–Kier alpha value is -0.920. The Bertz CT molecular complexity index is 511. The minimum absolute atomic E-state index is 0.184. The maximum Gasteiger partial charge on any atom is 0.211 e. The molecule has 0 unspecified atom stereocenters. The van der Waals surface area contributed by atoms with Crippen LogP contribution in [-0.2, 0) is 16.6 Å². The zero-order chi connectivity index (χ0) is 15.7. The summed E-state index contributed by atoms with van der Waals surface area (Å²) in [7, 11) is -3.15. The number of rotatable bonds is 11. The molecule has 0 atom stereocenters. The third kappa shape index (κ3) is 7.59. The summed E-state index contributed by atoms with van der Waals surface area (Å²) in [5.74, 6) is 0.184. The predicted octanol–water partition coefficient (Wildman–Crippen LogP) is 1.20. The first-order chi connectivity index (χ1) is 9.94. The summed E-state index contributed by atoms with van der Waals surface area (Å²) in [5, 5.41) is 7.55. The van der Waals surface area contributed by atoms with E-state index in [1.807, 2.05) is 24.6 Å². The lowest BCUT2D eigenvalue weighted by Gasteiger charge is -2.08. The van der Waals surface area contributed by atoms with Crippen molar-refractivity contribution < 1.29 is 8.42 Å². The first kappa shape index (κ1) is 18.1. The van der Waals surface area contributed by atoms with E-state index in [0.717, 1.165) is 43.9 Å². The van der Waals surface area contributed by atoms with E-state index < -0.39 is 10.0 Å². The van der Waals surface area contributed by atoms with Crippen molar-refractivity contribution in [2.45, 2.75) is 46.6 Å². The molecule has 7 heteroatoms. The Morgan fingerprint density at radius 3 is 2.57 bits per heavy atom. The van der Waals surface area contributed by atoms with Gasteiger partial charge in [0.25, 0.3) is 0 Å². The van der Waals surface area contributed by atoms with Gasteiger partial charge in [-0.15, -0.1) is 0 Å². The molecule has 1 aromatic rings. The quantitative estimate of drug-likeness (QED) is 0.602. The molecule has 1 rings (SSSR count). The molecule has 6 nitrogen and oxygen atoms in total. The molecule has 1 heterocycles. The maximum absolute atomic E-state index is 11.8. The van der Waals surface area contributed by atoms with Gasteiger partial charge in [-0.25, -0.2) is 13.1 Å². The average Bonchev–Trinajstić information content (AvgIpc) is 2.73. The fourth-order valence-electron chi connectivity index (χ4n) is 2.12. The molecule has 0 amide bonds. The summed E-state index contributed by atoms with van der Waals surface area (Å²) in [4.78, 5) is 0. The molecule has 0 fully saturated rings. The molecule has 0 spiro atoms. The molecular weight excluding hydrogens is 288 g/mol. The lowest BCUT2D eigenvalue weighted by Crippen LogP contribution is -2.29. The molecule has 0 saturated heterocycles. The molecule has 1 aromatic heterocycles. The molecule has 21 heavy (non-hydrogen) atoms. The van der Waals surface area contributed by atoms with E-state index >= 15 is 0 Å². The Labute approximate surface area is 128 Å². The minimum Gasteiger partial charge on any atom is -0.317 e. The monoisotopic (exact) mass is 316 g/mol. The maximum atomic E-state index is 11.8.